The van der Waals surface area contributed by atoms with Crippen LogP contribution in [0.3, 0.4) is 0 Å². The number of para-hydroxylation sites is 1. The standard InChI is InChI=1S/C36H24N2/c1-3-9-25(10-4-1)29-19-20-35-33(23-29)32(24-36(38-35)28-11-5-2-6-12-28)27-17-15-26(16-18-27)30-21-22-37-34-14-8-7-13-31(30)34/h1-24H. The van der Waals surface area contributed by atoms with Crippen LogP contribution in [0.4, 0.5) is 0 Å². The predicted octanol–water partition coefficient (Wildman–Crippen LogP) is 9.45. The Hall–Kier alpha value is -5.08. The molecule has 0 aliphatic heterocycles. The molecule has 2 aromatic heterocycles. The summed E-state index contributed by atoms with van der Waals surface area (Å²) in [6.45, 7) is 0. The zero-order valence-corrected chi connectivity index (χ0v) is 20.8. The van der Waals surface area contributed by atoms with E-state index in [9.17, 15) is 0 Å². The van der Waals surface area contributed by atoms with E-state index in [2.05, 4.69) is 132 Å². The van der Waals surface area contributed by atoms with Crippen molar-refractivity contribution in [3.8, 4) is 44.6 Å². The first-order valence-corrected chi connectivity index (χ1v) is 12.8. The lowest BCUT2D eigenvalue weighted by Crippen LogP contribution is -1.91. The molecular formula is C36H24N2. The van der Waals surface area contributed by atoms with E-state index >= 15 is 0 Å². The lowest BCUT2D eigenvalue weighted by atomic mass is 9.94. The van der Waals surface area contributed by atoms with Crippen LogP contribution in [0.5, 0.6) is 0 Å². The molecule has 2 heterocycles. The molecule has 178 valence electrons. The second kappa shape index (κ2) is 9.42. The van der Waals surface area contributed by atoms with Gasteiger partial charge >= 0.3 is 0 Å². The van der Waals surface area contributed by atoms with Gasteiger partial charge in [0.2, 0.25) is 0 Å². The minimum Gasteiger partial charge on any atom is -0.256 e. The van der Waals surface area contributed by atoms with Crippen molar-refractivity contribution in [2.24, 2.45) is 0 Å². The number of hydrogen-bond donors (Lipinski definition) is 0. The van der Waals surface area contributed by atoms with Gasteiger partial charge in [-0.3, -0.25) is 4.98 Å². The SMILES string of the molecule is c1ccc(-c2ccc3nc(-c4ccccc4)cc(-c4ccc(-c5ccnc6ccccc56)cc4)c3c2)cc1. The molecule has 2 nitrogen and oxygen atoms in total. The van der Waals surface area contributed by atoms with Crippen LogP contribution >= 0.6 is 0 Å². The Labute approximate surface area is 221 Å². The maximum atomic E-state index is 5.06. The van der Waals surface area contributed by atoms with E-state index in [1.54, 1.807) is 0 Å². The first-order chi connectivity index (χ1) is 18.8. The number of nitrogens with zero attached hydrogens (tertiary/aromatic N) is 2. The van der Waals surface area contributed by atoms with Crippen LogP contribution in [0, 0.1) is 0 Å². The van der Waals surface area contributed by atoms with E-state index in [4.69, 9.17) is 4.98 Å². The zero-order chi connectivity index (χ0) is 25.3. The monoisotopic (exact) mass is 484 g/mol. The molecule has 0 amide bonds. The van der Waals surface area contributed by atoms with Crippen molar-refractivity contribution in [3.63, 3.8) is 0 Å². The van der Waals surface area contributed by atoms with E-state index in [1.165, 1.54) is 33.4 Å². The number of pyridine rings is 2. The fourth-order valence-electron chi connectivity index (χ4n) is 5.21. The molecule has 0 N–H and O–H groups in total. The summed E-state index contributed by atoms with van der Waals surface area (Å²) in [6.07, 6.45) is 1.89. The van der Waals surface area contributed by atoms with Gasteiger partial charge in [0.15, 0.2) is 0 Å². The van der Waals surface area contributed by atoms with Gasteiger partial charge in [0.05, 0.1) is 16.7 Å². The normalized spacial score (nSPS) is 11.2. The maximum absolute atomic E-state index is 5.06. The lowest BCUT2D eigenvalue weighted by Gasteiger charge is -2.13. The van der Waals surface area contributed by atoms with Crippen LogP contribution in [0.1, 0.15) is 0 Å². The second-order valence-electron chi connectivity index (χ2n) is 9.47. The molecule has 0 radical (unpaired) electrons. The van der Waals surface area contributed by atoms with Crippen molar-refractivity contribution in [2.75, 3.05) is 0 Å². The number of hydrogen-bond acceptors (Lipinski definition) is 2. The zero-order valence-electron chi connectivity index (χ0n) is 20.8. The molecule has 0 aliphatic carbocycles. The fourth-order valence-corrected chi connectivity index (χ4v) is 5.21. The summed E-state index contributed by atoms with van der Waals surface area (Å²) >= 11 is 0. The van der Waals surface area contributed by atoms with Gasteiger partial charge in [-0.05, 0) is 63.7 Å². The van der Waals surface area contributed by atoms with Crippen LogP contribution in [0.25, 0.3) is 66.4 Å². The average molecular weight is 485 g/mol. The minimum absolute atomic E-state index is 0.977. The summed E-state index contributed by atoms with van der Waals surface area (Å²) in [5.74, 6) is 0. The average Bonchev–Trinajstić information content (AvgIpc) is 3.01. The topological polar surface area (TPSA) is 25.8 Å². The number of rotatable bonds is 4. The smallest absolute Gasteiger partial charge is 0.0716 e. The molecule has 0 fully saturated rings. The Morgan fingerprint density at radius 1 is 0.368 bits per heavy atom. The fraction of sp³-hybridized carbons (Fsp3) is 0. The molecule has 7 rings (SSSR count). The number of benzene rings is 5. The lowest BCUT2D eigenvalue weighted by molar-refractivity contribution is 1.40. The highest BCUT2D eigenvalue weighted by Crippen LogP contribution is 2.36. The molecule has 7 aromatic rings. The van der Waals surface area contributed by atoms with E-state index in [-0.39, 0.29) is 0 Å². The molecular weight excluding hydrogens is 460 g/mol. The van der Waals surface area contributed by atoms with Crippen LogP contribution in [-0.4, -0.2) is 9.97 Å². The van der Waals surface area contributed by atoms with Crippen LogP contribution in [0.2, 0.25) is 0 Å². The van der Waals surface area contributed by atoms with Gasteiger partial charge in [-0.15, -0.1) is 0 Å². The summed E-state index contributed by atoms with van der Waals surface area (Å²) in [7, 11) is 0. The Balaban J connectivity index is 1.40. The van der Waals surface area contributed by atoms with E-state index in [0.29, 0.717) is 0 Å². The van der Waals surface area contributed by atoms with Crippen LogP contribution < -0.4 is 0 Å². The Morgan fingerprint density at radius 3 is 1.76 bits per heavy atom. The van der Waals surface area contributed by atoms with Crippen molar-refractivity contribution in [2.45, 2.75) is 0 Å². The number of fused-ring (bicyclic) bond motifs is 2. The number of aromatic nitrogens is 2. The molecule has 38 heavy (non-hydrogen) atoms. The van der Waals surface area contributed by atoms with Crippen molar-refractivity contribution in [3.05, 3.63) is 146 Å². The van der Waals surface area contributed by atoms with Crippen LogP contribution in [-0.2, 0) is 0 Å². The van der Waals surface area contributed by atoms with Gasteiger partial charge in [-0.25, -0.2) is 4.98 Å². The van der Waals surface area contributed by atoms with E-state index < -0.39 is 0 Å². The van der Waals surface area contributed by atoms with E-state index in [0.717, 1.165) is 33.1 Å². The van der Waals surface area contributed by atoms with Gasteiger partial charge < -0.3 is 0 Å². The first kappa shape index (κ1) is 22.1. The van der Waals surface area contributed by atoms with Crippen molar-refractivity contribution < 1.29 is 0 Å². The van der Waals surface area contributed by atoms with Crippen molar-refractivity contribution in [1.82, 2.24) is 9.97 Å². The Bertz CT molecular complexity index is 1890. The second-order valence-corrected chi connectivity index (χ2v) is 9.47. The highest BCUT2D eigenvalue weighted by Gasteiger charge is 2.12. The van der Waals surface area contributed by atoms with Gasteiger partial charge in [0.25, 0.3) is 0 Å². The van der Waals surface area contributed by atoms with Crippen molar-refractivity contribution >= 4 is 21.8 Å². The highest BCUT2D eigenvalue weighted by molar-refractivity contribution is 6.00. The molecule has 0 saturated carbocycles. The molecule has 0 atom stereocenters. The molecule has 0 bridgehead atoms. The third-order valence-corrected chi connectivity index (χ3v) is 7.14. The van der Waals surface area contributed by atoms with Gasteiger partial charge in [0.1, 0.15) is 0 Å². The molecule has 0 unspecified atom stereocenters. The third kappa shape index (κ3) is 4.03. The summed E-state index contributed by atoms with van der Waals surface area (Å²) in [4.78, 5) is 9.59. The summed E-state index contributed by atoms with van der Waals surface area (Å²) in [5.41, 5.74) is 11.2. The van der Waals surface area contributed by atoms with Gasteiger partial charge in [-0.1, -0.05) is 109 Å². The minimum atomic E-state index is 0.977. The predicted molar refractivity (Wildman–Crippen MR) is 159 cm³/mol. The molecule has 0 aliphatic rings. The largest absolute Gasteiger partial charge is 0.256 e. The Morgan fingerprint density at radius 2 is 1.00 bits per heavy atom. The summed E-state index contributed by atoms with van der Waals surface area (Å²) in [6, 6.07) is 49.0. The summed E-state index contributed by atoms with van der Waals surface area (Å²) in [5, 5.41) is 2.31. The highest BCUT2D eigenvalue weighted by atomic mass is 14.7. The van der Waals surface area contributed by atoms with Crippen LogP contribution in [0.15, 0.2) is 146 Å². The molecule has 0 saturated heterocycles. The maximum Gasteiger partial charge on any atom is 0.0716 e. The molecule has 2 heteroatoms. The third-order valence-electron chi connectivity index (χ3n) is 7.14. The van der Waals surface area contributed by atoms with Gasteiger partial charge in [0, 0.05) is 22.5 Å². The Kier molecular flexibility index (Phi) is 5.49. The van der Waals surface area contributed by atoms with Gasteiger partial charge in [-0.2, -0.15) is 0 Å². The van der Waals surface area contributed by atoms with E-state index in [1.807, 2.05) is 18.3 Å². The van der Waals surface area contributed by atoms with Crippen molar-refractivity contribution in [1.29, 1.82) is 0 Å². The quantitative estimate of drug-likeness (QED) is 0.249. The first-order valence-electron chi connectivity index (χ1n) is 12.8. The summed E-state index contributed by atoms with van der Waals surface area (Å²) < 4.78 is 0. The molecule has 5 aromatic carbocycles. The molecule has 0 spiro atoms.